The highest BCUT2D eigenvalue weighted by molar-refractivity contribution is 7.10. The summed E-state index contributed by atoms with van der Waals surface area (Å²) in [5.41, 5.74) is 2.05. The molecule has 0 bridgehead atoms. The van der Waals surface area contributed by atoms with E-state index in [0.717, 1.165) is 13.1 Å². The molecule has 1 aromatic heterocycles. The van der Waals surface area contributed by atoms with E-state index < -0.39 is 11.7 Å². The van der Waals surface area contributed by atoms with Crippen molar-refractivity contribution in [2.24, 2.45) is 0 Å². The predicted molar refractivity (Wildman–Crippen MR) is 105 cm³/mol. The zero-order chi connectivity index (χ0) is 18.1. The average molecular weight is 359 g/mol. The van der Waals surface area contributed by atoms with E-state index >= 15 is 0 Å². The van der Waals surface area contributed by atoms with Crippen molar-refractivity contribution in [2.75, 3.05) is 13.1 Å². The molecule has 4 nitrogen and oxygen atoms in total. The second kappa shape index (κ2) is 9.39. The Kier molecular flexibility index (Phi) is 7.22. The van der Waals surface area contributed by atoms with Gasteiger partial charge < -0.3 is 15.4 Å². The van der Waals surface area contributed by atoms with Crippen LogP contribution in [0.1, 0.15) is 25.6 Å². The maximum Gasteiger partial charge on any atom is 0.407 e. The van der Waals surface area contributed by atoms with Crippen LogP contribution >= 0.6 is 11.3 Å². The monoisotopic (exact) mass is 358 g/mol. The van der Waals surface area contributed by atoms with Crippen LogP contribution in [-0.4, -0.2) is 24.8 Å². The highest BCUT2D eigenvalue weighted by atomic mass is 32.1. The van der Waals surface area contributed by atoms with Crippen LogP contribution in [0.3, 0.4) is 0 Å². The SMILES string of the molecule is CC(C)(C)OC(=O)NC/C=C/CNCc1cc(-c2ccccc2)cs1. The molecule has 25 heavy (non-hydrogen) atoms. The quantitative estimate of drug-likeness (QED) is 0.562. The summed E-state index contributed by atoms with van der Waals surface area (Å²) < 4.78 is 5.16. The van der Waals surface area contributed by atoms with Crippen molar-refractivity contribution in [3.63, 3.8) is 0 Å². The van der Waals surface area contributed by atoms with Gasteiger partial charge >= 0.3 is 6.09 Å². The molecule has 2 rings (SSSR count). The average Bonchev–Trinajstić information content (AvgIpc) is 3.02. The van der Waals surface area contributed by atoms with E-state index in [-0.39, 0.29) is 0 Å². The molecular weight excluding hydrogens is 332 g/mol. The van der Waals surface area contributed by atoms with Crippen molar-refractivity contribution in [3.05, 3.63) is 58.8 Å². The molecule has 0 aliphatic heterocycles. The lowest BCUT2D eigenvalue weighted by Gasteiger charge is -2.19. The summed E-state index contributed by atoms with van der Waals surface area (Å²) in [6, 6.07) is 12.6. The van der Waals surface area contributed by atoms with Crippen molar-refractivity contribution in [3.8, 4) is 11.1 Å². The molecule has 134 valence electrons. The first-order chi connectivity index (χ1) is 11.9. The largest absolute Gasteiger partial charge is 0.444 e. The zero-order valence-corrected chi connectivity index (χ0v) is 15.9. The molecule has 5 heteroatoms. The first kappa shape index (κ1) is 19.2. The van der Waals surface area contributed by atoms with Gasteiger partial charge in [0, 0.05) is 24.5 Å². The minimum Gasteiger partial charge on any atom is -0.444 e. The number of carbonyl (C=O) groups excluding carboxylic acids is 1. The summed E-state index contributed by atoms with van der Waals surface area (Å²) in [5, 5.41) is 8.26. The Balaban J connectivity index is 1.63. The van der Waals surface area contributed by atoms with E-state index in [0.29, 0.717) is 6.54 Å². The summed E-state index contributed by atoms with van der Waals surface area (Å²) >= 11 is 1.76. The van der Waals surface area contributed by atoms with Crippen LogP contribution in [0, 0.1) is 0 Å². The molecule has 0 saturated heterocycles. The molecule has 2 N–H and O–H groups in total. The maximum atomic E-state index is 11.5. The third kappa shape index (κ3) is 7.54. The molecule has 0 atom stereocenters. The van der Waals surface area contributed by atoms with Crippen LogP contribution in [0.2, 0.25) is 0 Å². The summed E-state index contributed by atoms with van der Waals surface area (Å²) in [5.74, 6) is 0. The number of ether oxygens (including phenoxy) is 1. The standard InChI is InChI=1S/C20H26N2O2S/c1-20(2,3)24-19(23)22-12-8-7-11-21-14-18-13-17(15-25-18)16-9-5-4-6-10-16/h4-10,13,15,21H,11-12,14H2,1-3H3,(H,22,23)/b8-7+. The lowest BCUT2D eigenvalue weighted by Crippen LogP contribution is -2.32. The molecule has 0 aliphatic carbocycles. The molecular formula is C20H26N2O2S. The normalized spacial score (nSPS) is 11.6. The molecule has 0 radical (unpaired) electrons. The highest BCUT2D eigenvalue weighted by Gasteiger charge is 2.14. The lowest BCUT2D eigenvalue weighted by atomic mass is 10.1. The Morgan fingerprint density at radius 1 is 1.12 bits per heavy atom. The van der Waals surface area contributed by atoms with Gasteiger partial charge in [0.15, 0.2) is 0 Å². The van der Waals surface area contributed by atoms with Crippen LogP contribution < -0.4 is 10.6 Å². The van der Waals surface area contributed by atoms with Crippen LogP contribution in [0.5, 0.6) is 0 Å². The minimum absolute atomic E-state index is 0.392. The van der Waals surface area contributed by atoms with Gasteiger partial charge in [0.25, 0.3) is 0 Å². The Labute approximate surface area is 153 Å². The summed E-state index contributed by atoms with van der Waals surface area (Å²) in [6.07, 6.45) is 3.53. The third-order valence-electron chi connectivity index (χ3n) is 3.25. The zero-order valence-electron chi connectivity index (χ0n) is 15.0. The molecule has 1 amide bonds. The number of carbonyl (C=O) groups is 1. The van der Waals surface area contributed by atoms with Gasteiger partial charge in [-0.1, -0.05) is 42.5 Å². The second-order valence-corrected chi connectivity index (χ2v) is 7.65. The Morgan fingerprint density at radius 2 is 1.84 bits per heavy atom. The third-order valence-corrected chi connectivity index (χ3v) is 4.19. The van der Waals surface area contributed by atoms with E-state index in [4.69, 9.17) is 4.74 Å². The number of amides is 1. The fraction of sp³-hybridized carbons (Fsp3) is 0.350. The number of alkyl carbamates (subject to hydrolysis) is 1. The topological polar surface area (TPSA) is 50.4 Å². The van der Waals surface area contributed by atoms with Crippen molar-refractivity contribution in [1.82, 2.24) is 10.6 Å². The summed E-state index contributed by atoms with van der Waals surface area (Å²) in [4.78, 5) is 12.8. The van der Waals surface area contributed by atoms with Gasteiger partial charge in [-0.3, -0.25) is 0 Å². The van der Waals surface area contributed by atoms with E-state index in [2.05, 4.69) is 46.3 Å². The van der Waals surface area contributed by atoms with Gasteiger partial charge in [-0.2, -0.15) is 0 Å². The highest BCUT2D eigenvalue weighted by Crippen LogP contribution is 2.25. The van der Waals surface area contributed by atoms with Crippen LogP contribution in [-0.2, 0) is 11.3 Å². The van der Waals surface area contributed by atoms with Gasteiger partial charge in [0.1, 0.15) is 5.60 Å². The first-order valence-electron chi connectivity index (χ1n) is 8.39. The van der Waals surface area contributed by atoms with E-state index in [9.17, 15) is 4.79 Å². The molecule has 0 aliphatic rings. The van der Waals surface area contributed by atoms with Crippen molar-refractivity contribution in [2.45, 2.75) is 32.9 Å². The fourth-order valence-corrected chi connectivity index (χ4v) is 3.02. The van der Waals surface area contributed by atoms with Gasteiger partial charge in [-0.25, -0.2) is 4.79 Å². The van der Waals surface area contributed by atoms with Gasteiger partial charge in [0.05, 0.1) is 0 Å². The van der Waals surface area contributed by atoms with Crippen LogP contribution in [0.4, 0.5) is 4.79 Å². The molecule has 1 aromatic carbocycles. The summed E-state index contributed by atoms with van der Waals surface area (Å²) in [7, 11) is 0. The molecule has 2 aromatic rings. The van der Waals surface area contributed by atoms with E-state index in [1.54, 1.807) is 11.3 Å². The van der Waals surface area contributed by atoms with Crippen LogP contribution in [0.25, 0.3) is 11.1 Å². The number of benzene rings is 1. The Morgan fingerprint density at radius 3 is 2.56 bits per heavy atom. The maximum absolute atomic E-state index is 11.5. The smallest absolute Gasteiger partial charge is 0.407 e. The molecule has 0 spiro atoms. The molecule has 0 fully saturated rings. The predicted octanol–water partition coefficient (Wildman–Crippen LogP) is 4.59. The Hall–Kier alpha value is -2.11. The van der Waals surface area contributed by atoms with Crippen molar-refractivity contribution >= 4 is 17.4 Å². The van der Waals surface area contributed by atoms with Gasteiger partial charge in [0.2, 0.25) is 0 Å². The Bertz CT molecular complexity index is 687. The number of hydrogen-bond acceptors (Lipinski definition) is 4. The number of thiophene rings is 1. The fourth-order valence-electron chi connectivity index (χ4n) is 2.16. The first-order valence-corrected chi connectivity index (χ1v) is 9.27. The molecule has 0 unspecified atom stereocenters. The van der Waals surface area contributed by atoms with E-state index in [1.807, 2.05) is 39.0 Å². The van der Waals surface area contributed by atoms with Crippen molar-refractivity contribution < 1.29 is 9.53 Å². The van der Waals surface area contributed by atoms with Gasteiger partial charge in [-0.05, 0) is 43.3 Å². The minimum atomic E-state index is -0.464. The number of rotatable bonds is 7. The number of nitrogens with one attached hydrogen (secondary N) is 2. The van der Waals surface area contributed by atoms with Gasteiger partial charge in [-0.15, -0.1) is 11.3 Å². The second-order valence-electron chi connectivity index (χ2n) is 6.65. The molecule has 1 heterocycles. The number of hydrogen-bond donors (Lipinski definition) is 2. The molecule has 0 saturated carbocycles. The van der Waals surface area contributed by atoms with Crippen molar-refractivity contribution in [1.29, 1.82) is 0 Å². The lowest BCUT2D eigenvalue weighted by molar-refractivity contribution is 0.0534. The summed E-state index contributed by atoms with van der Waals surface area (Å²) in [6.45, 7) is 7.60. The van der Waals surface area contributed by atoms with Crippen LogP contribution in [0.15, 0.2) is 53.9 Å². The van der Waals surface area contributed by atoms with E-state index in [1.165, 1.54) is 16.0 Å².